The molecule has 0 fully saturated rings. The number of ether oxygens (including phenoxy) is 1. The first-order valence-corrected chi connectivity index (χ1v) is 9.18. The number of benzene rings is 2. The highest BCUT2D eigenvalue weighted by Gasteiger charge is 2.15. The summed E-state index contributed by atoms with van der Waals surface area (Å²) in [6.45, 7) is 1.70. The Kier molecular flexibility index (Phi) is 5.40. The maximum atomic E-state index is 12.1. The molecule has 0 unspecified atom stereocenters. The lowest BCUT2D eigenvalue weighted by Crippen LogP contribution is -2.14. The summed E-state index contributed by atoms with van der Waals surface area (Å²) in [4.78, 5) is 28.4. The van der Waals surface area contributed by atoms with Crippen LogP contribution < -0.4 is 0 Å². The van der Waals surface area contributed by atoms with E-state index in [1.54, 1.807) is 29.6 Å². The second kappa shape index (κ2) is 7.72. The summed E-state index contributed by atoms with van der Waals surface area (Å²) in [5, 5.41) is 2.38. The molecule has 4 nitrogen and oxygen atoms in total. The fraction of sp³-hybridized carbons (Fsp3) is 0.105. The first-order chi connectivity index (χ1) is 12.0. The molecule has 1 heterocycles. The summed E-state index contributed by atoms with van der Waals surface area (Å²) in [5.41, 5.74) is 2.81. The molecule has 25 heavy (non-hydrogen) atoms. The lowest BCUT2D eigenvalue weighted by atomic mass is 10.1. The first-order valence-electron chi connectivity index (χ1n) is 7.51. The van der Waals surface area contributed by atoms with Crippen LogP contribution in [-0.4, -0.2) is 23.3 Å². The largest absolute Gasteiger partial charge is 0.453 e. The van der Waals surface area contributed by atoms with E-state index in [9.17, 15) is 9.59 Å². The zero-order valence-corrected chi connectivity index (χ0v) is 15.8. The van der Waals surface area contributed by atoms with Gasteiger partial charge in [0.2, 0.25) is 0 Å². The number of thiazole rings is 1. The second-order valence-electron chi connectivity index (χ2n) is 5.41. The molecule has 0 bridgehead atoms. The van der Waals surface area contributed by atoms with E-state index in [0.717, 1.165) is 20.6 Å². The number of carbonyl (C=O) groups is 2. The number of aryl methyl sites for hydroxylation is 1. The molecule has 3 rings (SSSR count). The Labute approximate surface area is 157 Å². The minimum absolute atomic E-state index is 0.212. The van der Waals surface area contributed by atoms with Gasteiger partial charge in [-0.3, -0.25) is 4.79 Å². The van der Waals surface area contributed by atoms with Crippen LogP contribution in [0.25, 0.3) is 10.6 Å². The number of esters is 1. The van der Waals surface area contributed by atoms with E-state index in [1.165, 1.54) is 11.3 Å². The molecule has 0 spiro atoms. The number of hydrogen-bond acceptors (Lipinski definition) is 5. The van der Waals surface area contributed by atoms with E-state index < -0.39 is 5.97 Å². The minimum atomic E-state index is -0.597. The summed E-state index contributed by atoms with van der Waals surface area (Å²) in [7, 11) is 0. The van der Waals surface area contributed by atoms with Crippen LogP contribution in [0, 0.1) is 6.92 Å². The maximum Gasteiger partial charge on any atom is 0.358 e. The lowest BCUT2D eigenvalue weighted by molar-refractivity contribution is 0.0470. The fourth-order valence-electron chi connectivity index (χ4n) is 2.12. The van der Waals surface area contributed by atoms with Crippen LogP contribution in [0.3, 0.4) is 0 Å². The van der Waals surface area contributed by atoms with Crippen LogP contribution >= 0.6 is 27.3 Å². The van der Waals surface area contributed by atoms with Gasteiger partial charge in [0.1, 0.15) is 5.01 Å². The monoisotopic (exact) mass is 415 g/mol. The van der Waals surface area contributed by atoms with E-state index in [2.05, 4.69) is 20.9 Å². The van der Waals surface area contributed by atoms with Crippen molar-refractivity contribution in [1.29, 1.82) is 0 Å². The molecule has 0 atom stereocenters. The molecule has 2 aromatic carbocycles. The lowest BCUT2D eigenvalue weighted by Gasteiger charge is -2.03. The zero-order valence-electron chi connectivity index (χ0n) is 13.4. The average molecular weight is 416 g/mol. The average Bonchev–Trinajstić information content (AvgIpc) is 3.11. The van der Waals surface area contributed by atoms with Gasteiger partial charge in [-0.15, -0.1) is 11.3 Å². The van der Waals surface area contributed by atoms with Crippen molar-refractivity contribution in [2.75, 3.05) is 6.61 Å². The molecule has 0 radical (unpaired) electrons. The molecule has 0 saturated carbocycles. The molecule has 1 aromatic heterocycles. The van der Waals surface area contributed by atoms with Gasteiger partial charge in [0, 0.05) is 21.0 Å². The third-order valence-corrected chi connectivity index (χ3v) is 4.93. The molecule has 3 aromatic rings. The quantitative estimate of drug-likeness (QED) is 0.438. The number of hydrogen-bond donors (Lipinski definition) is 0. The Morgan fingerprint density at radius 3 is 2.44 bits per heavy atom. The first kappa shape index (κ1) is 17.5. The minimum Gasteiger partial charge on any atom is -0.453 e. The van der Waals surface area contributed by atoms with Gasteiger partial charge in [-0.05, 0) is 19.1 Å². The molecule has 0 aliphatic heterocycles. The van der Waals surface area contributed by atoms with Crippen molar-refractivity contribution in [2.24, 2.45) is 0 Å². The smallest absolute Gasteiger partial charge is 0.358 e. The van der Waals surface area contributed by atoms with Crippen molar-refractivity contribution >= 4 is 39.0 Å². The third-order valence-electron chi connectivity index (χ3n) is 3.51. The molecule has 126 valence electrons. The van der Waals surface area contributed by atoms with Crippen LogP contribution in [0.2, 0.25) is 0 Å². The van der Waals surface area contributed by atoms with Crippen LogP contribution in [0.1, 0.15) is 26.4 Å². The van der Waals surface area contributed by atoms with Crippen LogP contribution in [0.5, 0.6) is 0 Å². The summed E-state index contributed by atoms with van der Waals surface area (Å²) in [5.74, 6) is -0.852. The summed E-state index contributed by atoms with van der Waals surface area (Å²) < 4.78 is 5.97. The van der Waals surface area contributed by atoms with E-state index in [0.29, 0.717) is 5.56 Å². The predicted octanol–water partition coefficient (Wildman–Crippen LogP) is 4.92. The fourth-order valence-corrected chi connectivity index (χ4v) is 3.18. The Morgan fingerprint density at radius 1 is 1.08 bits per heavy atom. The third kappa shape index (κ3) is 4.41. The number of rotatable bonds is 5. The van der Waals surface area contributed by atoms with Gasteiger partial charge in [-0.1, -0.05) is 57.9 Å². The number of carbonyl (C=O) groups excluding carboxylic acids is 2. The Bertz CT molecular complexity index is 901. The zero-order chi connectivity index (χ0) is 17.8. The molecule has 0 aliphatic carbocycles. The molecular formula is C19H14BrNO3S. The topological polar surface area (TPSA) is 56.3 Å². The highest BCUT2D eigenvalue weighted by atomic mass is 79.9. The number of Topliss-reactive ketones (excluding diaryl/α,β-unsaturated/α-hetero) is 1. The van der Waals surface area contributed by atoms with Crippen molar-refractivity contribution in [3.63, 3.8) is 0 Å². The Morgan fingerprint density at radius 2 is 1.76 bits per heavy atom. The van der Waals surface area contributed by atoms with Crippen molar-refractivity contribution in [1.82, 2.24) is 4.98 Å². The van der Waals surface area contributed by atoms with Crippen molar-refractivity contribution < 1.29 is 14.3 Å². The molecule has 0 amide bonds. The van der Waals surface area contributed by atoms with Crippen molar-refractivity contribution in [2.45, 2.75) is 6.92 Å². The number of ketones is 1. The molecule has 6 heteroatoms. The second-order valence-corrected chi connectivity index (χ2v) is 7.18. The number of aromatic nitrogens is 1. The highest BCUT2D eigenvalue weighted by molar-refractivity contribution is 9.10. The van der Waals surface area contributed by atoms with E-state index in [1.807, 2.05) is 31.2 Å². The number of nitrogens with zero attached hydrogens (tertiary/aromatic N) is 1. The molecular weight excluding hydrogens is 402 g/mol. The van der Waals surface area contributed by atoms with Gasteiger partial charge < -0.3 is 4.74 Å². The Balaban J connectivity index is 1.63. The van der Waals surface area contributed by atoms with Crippen LogP contribution in [0.4, 0.5) is 0 Å². The maximum absolute atomic E-state index is 12.1. The summed E-state index contributed by atoms with van der Waals surface area (Å²) in [6.07, 6.45) is 0. The summed E-state index contributed by atoms with van der Waals surface area (Å²) in [6, 6.07) is 14.8. The van der Waals surface area contributed by atoms with Gasteiger partial charge >= 0.3 is 5.97 Å². The van der Waals surface area contributed by atoms with Gasteiger partial charge in [-0.2, -0.15) is 0 Å². The SMILES string of the molecule is Cc1ccc(-c2nc(C(=O)OCC(=O)c3ccc(Br)cc3)cs2)cc1. The van der Waals surface area contributed by atoms with Gasteiger partial charge in [0.25, 0.3) is 0 Å². The Hall–Kier alpha value is -2.31. The van der Waals surface area contributed by atoms with Crippen molar-refractivity contribution in [3.05, 3.63) is 75.2 Å². The van der Waals surface area contributed by atoms with Crippen LogP contribution in [0.15, 0.2) is 58.4 Å². The predicted molar refractivity (Wildman–Crippen MR) is 101 cm³/mol. The van der Waals surface area contributed by atoms with E-state index in [4.69, 9.17) is 4.74 Å². The number of halogens is 1. The molecule has 0 N–H and O–H groups in total. The summed E-state index contributed by atoms with van der Waals surface area (Å²) >= 11 is 4.68. The highest BCUT2D eigenvalue weighted by Crippen LogP contribution is 2.24. The normalized spacial score (nSPS) is 10.5. The molecule has 0 saturated heterocycles. The molecule has 0 aliphatic rings. The van der Waals surface area contributed by atoms with Gasteiger partial charge in [-0.25, -0.2) is 9.78 Å². The van der Waals surface area contributed by atoms with Gasteiger partial charge in [0.05, 0.1) is 0 Å². The van der Waals surface area contributed by atoms with E-state index >= 15 is 0 Å². The van der Waals surface area contributed by atoms with Crippen LogP contribution in [-0.2, 0) is 4.74 Å². The standard InChI is InChI=1S/C19H14BrNO3S/c1-12-2-4-14(5-3-12)18-21-16(11-25-18)19(23)24-10-17(22)13-6-8-15(20)9-7-13/h2-9,11H,10H2,1H3. The van der Waals surface area contributed by atoms with Gasteiger partial charge in [0.15, 0.2) is 18.1 Å². The van der Waals surface area contributed by atoms with E-state index in [-0.39, 0.29) is 18.1 Å². The van der Waals surface area contributed by atoms with Crippen molar-refractivity contribution in [3.8, 4) is 10.6 Å².